The average molecular weight is 326 g/mol. The Morgan fingerprint density at radius 1 is 1.26 bits per heavy atom. The fraction of sp³-hybridized carbons (Fsp3) is 0.421. The molecule has 4 heteroatoms. The van der Waals surface area contributed by atoms with Crippen LogP contribution < -0.4 is 15.4 Å². The lowest BCUT2D eigenvalue weighted by Gasteiger charge is -2.23. The standard InChI is InChI=1S/C19H22N2OS/c23-19(21-15-7-8-15)20-10-9-14-12-13-4-1-2-5-16(13)17-6-3-11-22-18(14)17/h1-2,4-5,12,15H,3,6-11H2,(H2,20,21,23). The molecule has 1 saturated carbocycles. The molecule has 3 nitrogen and oxygen atoms in total. The minimum Gasteiger partial charge on any atom is -0.493 e. The van der Waals surface area contributed by atoms with E-state index in [9.17, 15) is 0 Å². The van der Waals surface area contributed by atoms with Crippen LogP contribution in [0.25, 0.3) is 10.8 Å². The number of thiocarbonyl (C=S) groups is 1. The third kappa shape index (κ3) is 3.27. The summed E-state index contributed by atoms with van der Waals surface area (Å²) in [7, 11) is 0. The second kappa shape index (κ2) is 6.36. The maximum absolute atomic E-state index is 6.02. The van der Waals surface area contributed by atoms with Crippen molar-refractivity contribution in [2.75, 3.05) is 13.2 Å². The Labute approximate surface area is 142 Å². The Hall–Kier alpha value is -1.81. The molecule has 0 amide bonds. The molecule has 1 heterocycles. The van der Waals surface area contributed by atoms with Crippen LogP contribution >= 0.6 is 12.2 Å². The number of fused-ring (bicyclic) bond motifs is 3. The summed E-state index contributed by atoms with van der Waals surface area (Å²) >= 11 is 5.33. The van der Waals surface area contributed by atoms with E-state index in [1.807, 2.05) is 0 Å². The number of hydrogen-bond donors (Lipinski definition) is 2. The van der Waals surface area contributed by atoms with E-state index in [1.165, 1.54) is 34.7 Å². The molecule has 0 unspecified atom stereocenters. The van der Waals surface area contributed by atoms with Crippen molar-refractivity contribution in [1.82, 2.24) is 10.6 Å². The Morgan fingerprint density at radius 3 is 3.00 bits per heavy atom. The maximum Gasteiger partial charge on any atom is 0.166 e. The summed E-state index contributed by atoms with van der Waals surface area (Å²) in [5.74, 6) is 1.11. The molecule has 120 valence electrons. The van der Waals surface area contributed by atoms with E-state index in [0.29, 0.717) is 6.04 Å². The van der Waals surface area contributed by atoms with Gasteiger partial charge in [0.15, 0.2) is 5.11 Å². The van der Waals surface area contributed by atoms with Crippen LogP contribution in [-0.2, 0) is 12.8 Å². The van der Waals surface area contributed by atoms with Crippen molar-refractivity contribution in [1.29, 1.82) is 0 Å². The highest BCUT2D eigenvalue weighted by atomic mass is 32.1. The minimum absolute atomic E-state index is 0.603. The second-order valence-electron chi connectivity index (χ2n) is 6.44. The molecule has 2 N–H and O–H groups in total. The second-order valence-corrected chi connectivity index (χ2v) is 6.85. The summed E-state index contributed by atoms with van der Waals surface area (Å²) in [6.07, 6.45) is 5.63. The molecule has 23 heavy (non-hydrogen) atoms. The largest absolute Gasteiger partial charge is 0.493 e. The fourth-order valence-electron chi connectivity index (χ4n) is 3.28. The van der Waals surface area contributed by atoms with Crippen molar-refractivity contribution in [3.8, 4) is 5.75 Å². The first-order chi connectivity index (χ1) is 11.3. The van der Waals surface area contributed by atoms with E-state index >= 15 is 0 Å². The van der Waals surface area contributed by atoms with Crippen LogP contribution in [-0.4, -0.2) is 24.3 Å². The molecule has 0 aromatic heterocycles. The van der Waals surface area contributed by atoms with Gasteiger partial charge in [-0.3, -0.25) is 0 Å². The van der Waals surface area contributed by atoms with E-state index < -0.39 is 0 Å². The molecular formula is C19H22N2OS. The van der Waals surface area contributed by atoms with Crippen molar-refractivity contribution in [2.45, 2.75) is 38.1 Å². The summed E-state index contributed by atoms with van der Waals surface area (Å²) in [5.41, 5.74) is 2.67. The molecule has 2 aliphatic rings. The van der Waals surface area contributed by atoms with Crippen LogP contribution in [0.4, 0.5) is 0 Å². The molecule has 1 fully saturated rings. The van der Waals surface area contributed by atoms with Crippen molar-refractivity contribution in [3.63, 3.8) is 0 Å². The molecule has 0 atom stereocenters. The number of ether oxygens (including phenoxy) is 1. The Balaban J connectivity index is 1.52. The van der Waals surface area contributed by atoms with Gasteiger partial charge in [-0.25, -0.2) is 0 Å². The summed E-state index contributed by atoms with van der Waals surface area (Å²) in [5, 5.41) is 10.1. The van der Waals surface area contributed by atoms with Gasteiger partial charge in [0.2, 0.25) is 0 Å². The van der Waals surface area contributed by atoms with Gasteiger partial charge in [0.1, 0.15) is 5.75 Å². The molecule has 0 spiro atoms. The van der Waals surface area contributed by atoms with Crippen LogP contribution in [0.2, 0.25) is 0 Å². The minimum atomic E-state index is 0.603. The molecular weight excluding hydrogens is 304 g/mol. The van der Waals surface area contributed by atoms with Crippen molar-refractivity contribution >= 4 is 28.1 Å². The summed E-state index contributed by atoms with van der Waals surface area (Å²) in [6, 6.07) is 11.5. The lowest BCUT2D eigenvalue weighted by Crippen LogP contribution is -2.37. The Bertz CT molecular complexity index is 739. The third-order valence-electron chi connectivity index (χ3n) is 4.59. The normalized spacial score (nSPS) is 16.5. The third-order valence-corrected chi connectivity index (χ3v) is 4.85. The zero-order valence-electron chi connectivity index (χ0n) is 13.2. The summed E-state index contributed by atoms with van der Waals surface area (Å²) < 4.78 is 6.02. The van der Waals surface area contributed by atoms with Crippen molar-refractivity contribution in [3.05, 3.63) is 41.5 Å². The molecule has 0 bridgehead atoms. The van der Waals surface area contributed by atoms with Gasteiger partial charge in [-0.1, -0.05) is 24.3 Å². The number of benzene rings is 2. The van der Waals surface area contributed by atoms with Crippen LogP contribution in [0.5, 0.6) is 5.75 Å². The van der Waals surface area contributed by atoms with Gasteiger partial charge in [-0.05, 0) is 66.7 Å². The SMILES string of the molecule is S=C(NCCc1cc2ccccc2c2c1OCCC2)NC1CC1. The predicted octanol–water partition coefficient (Wildman–Crippen LogP) is 3.33. The van der Waals surface area contributed by atoms with Gasteiger partial charge >= 0.3 is 0 Å². The van der Waals surface area contributed by atoms with E-state index in [-0.39, 0.29) is 0 Å². The van der Waals surface area contributed by atoms with Crippen molar-refractivity contribution in [2.24, 2.45) is 0 Å². The number of rotatable bonds is 4. The maximum atomic E-state index is 6.02. The fourth-order valence-corrected chi connectivity index (χ4v) is 3.55. The first-order valence-corrected chi connectivity index (χ1v) is 8.93. The van der Waals surface area contributed by atoms with E-state index in [0.717, 1.165) is 43.3 Å². The highest BCUT2D eigenvalue weighted by Crippen LogP contribution is 2.36. The number of aryl methyl sites for hydroxylation is 1. The molecule has 1 aliphatic carbocycles. The summed E-state index contributed by atoms with van der Waals surface area (Å²) in [6.45, 7) is 1.67. The average Bonchev–Trinajstić information content (AvgIpc) is 3.39. The van der Waals surface area contributed by atoms with Gasteiger partial charge in [0, 0.05) is 18.2 Å². The van der Waals surface area contributed by atoms with Crippen LogP contribution in [0.1, 0.15) is 30.4 Å². The zero-order chi connectivity index (χ0) is 15.6. The van der Waals surface area contributed by atoms with E-state index in [1.54, 1.807) is 0 Å². The van der Waals surface area contributed by atoms with Gasteiger partial charge in [0.25, 0.3) is 0 Å². The van der Waals surface area contributed by atoms with Gasteiger partial charge in [0.05, 0.1) is 6.61 Å². The molecule has 4 rings (SSSR count). The quantitative estimate of drug-likeness (QED) is 0.845. The summed E-state index contributed by atoms with van der Waals surface area (Å²) in [4.78, 5) is 0. The molecule has 2 aromatic rings. The van der Waals surface area contributed by atoms with Crippen LogP contribution in [0, 0.1) is 0 Å². The highest BCUT2D eigenvalue weighted by Gasteiger charge is 2.22. The van der Waals surface area contributed by atoms with Gasteiger partial charge < -0.3 is 15.4 Å². The first kappa shape index (κ1) is 14.8. The highest BCUT2D eigenvalue weighted by molar-refractivity contribution is 7.80. The zero-order valence-corrected chi connectivity index (χ0v) is 14.0. The van der Waals surface area contributed by atoms with Crippen LogP contribution in [0.3, 0.4) is 0 Å². The van der Waals surface area contributed by atoms with E-state index in [4.69, 9.17) is 17.0 Å². The Morgan fingerprint density at radius 2 is 2.13 bits per heavy atom. The molecule has 2 aromatic carbocycles. The van der Waals surface area contributed by atoms with Gasteiger partial charge in [-0.2, -0.15) is 0 Å². The van der Waals surface area contributed by atoms with Crippen molar-refractivity contribution < 1.29 is 4.74 Å². The number of nitrogens with one attached hydrogen (secondary N) is 2. The van der Waals surface area contributed by atoms with Crippen LogP contribution in [0.15, 0.2) is 30.3 Å². The lowest BCUT2D eigenvalue weighted by atomic mass is 9.94. The van der Waals surface area contributed by atoms with E-state index in [2.05, 4.69) is 41.0 Å². The Kier molecular flexibility index (Phi) is 4.08. The monoisotopic (exact) mass is 326 g/mol. The number of hydrogen-bond acceptors (Lipinski definition) is 2. The van der Waals surface area contributed by atoms with Gasteiger partial charge in [-0.15, -0.1) is 0 Å². The molecule has 0 radical (unpaired) electrons. The first-order valence-electron chi connectivity index (χ1n) is 8.52. The lowest BCUT2D eigenvalue weighted by molar-refractivity contribution is 0.286. The molecule has 0 saturated heterocycles. The topological polar surface area (TPSA) is 33.3 Å². The smallest absolute Gasteiger partial charge is 0.166 e. The predicted molar refractivity (Wildman–Crippen MR) is 98.2 cm³/mol. The molecule has 1 aliphatic heterocycles.